The third-order valence-electron chi connectivity index (χ3n) is 4.12. The summed E-state index contributed by atoms with van der Waals surface area (Å²) >= 11 is 0. The third-order valence-corrected chi connectivity index (χ3v) is 4.12. The molecule has 23 heavy (non-hydrogen) atoms. The van der Waals surface area contributed by atoms with Gasteiger partial charge in [-0.3, -0.25) is 14.3 Å². The highest BCUT2D eigenvalue weighted by molar-refractivity contribution is 5.77. The zero-order chi connectivity index (χ0) is 16.6. The van der Waals surface area contributed by atoms with Crippen molar-refractivity contribution in [1.29, 1.82) is 0 Å². The van der Waals surface area contributed by atoms with Crippen LogP contribution < -0.4 is 10.3 Å². The van der Waals surface area contributed by atoms with Gasteiger partial charge in [-0.05, 0) is 32.0 Å². The Labute approximate surface area is 134 Å². The van der Waals surface area contributed by atoms with Gasteiger partial charge in [0.2, 0.25) is 5.91 Å². The Morgan fingerprint density at radius 2 is 2.13 bits per heavy atom. The summed E-state index contributed by atoms with van der Waals surface area (Å²) in [6, 6.07) is 5.53. The van der Waals surface area contributed by atoms with Gasteiger partial charge in [0, 0.05) is 25.0 Å². The number of hydrogen-bond donors (Lipinski definition) is 0. The van der Waals surface area contributed by atoms with Crippen LogP contribution in [0.3, 0.4) is 0 Å². The topological polar surface area (TPSA) is 69.4 Å². The van der Waals surface area contributed by atoms with Crippen molar-refractivity contribution in [1.82, 2.24) is 19.2 Å². The highest BCUT2D eigenvalue weighted by atomic mass is 16.5. The predicted octanol–water partition coefficient (Wildman–Crippen LogP) is 0.754. The summed E-state index contributed by atoms with van der Waals surface area (Å²) < 4.78 is 8.33. The van der Waals surface area contributed by atoms with Crippen molar-refractivity contribution < 1.29 is 9.53 Å². The molecule has 0 bridgehead atoms. The Hall–Kier alpha value is -2.57. The molecule has 0 N–H and O–H groups in total. The van der Waals surface area contributed by atoms with Crippen LogP contribution >= 0.6 is 0 Å². The highest BCUT2D eigenvalue weighted by Gasteiger charge is 2.33. The zero-order valence-electron chi connectivity index (χ0n) is 13.5. The van der Waals surface area contributed by atoms with Gasteiger partial charge in [-0.25, -0.2) is 0 Å². The summed E-state index contributed by atoms with van der Waals surface area (Å²) in [5.41, 5.74) is 1.79. The van der Waals surface area contributed by atoms with Crippen molar-refractivity contribution in [3.05, 3.63) is 46.1 Å². The molecule has 1 fully saturated rings. The van der Waals surface area contributed by atoms with E-state index in [-0.39, 0.29) is 29.8 Å². The average Bonchev–Trinajstić information content (AvgIpc) is 2.78. The first-order chi connectivity index (χ1) is 11.0. The van der Waals surface area contributed by atoms with Crippen LogP contribution in [0.1, 0.15) is 17.4 Å². The van der Waals surface area contributed by atoms with Gasteiger partial charge in [-0.15, -0.1) is 0 Å². The van der Waals surface area contributed by atoms with Gasteiger partial charge in [0.05, 0.1) is 18.8 Å². The minimum atomic E-state index is -0.293. The number of carbonyl (C=O) groups is 1. The summed E-state index contributed by atoms with van der Waals surface area (Å²) in [5, 5.41) is 4.45. The van der Waals surface area contributed by atoms with E-state index in [4.69, 9.17) is 4.74 Å². The fraction of sp³-hybridized carbons (Fsp3) is 0.438. The third kappa shape index (κ3) is 2.86. The van der Waals surface area contributed by atoms with E-state index in [0.717, 1.165) is 11.4 Å². The molecule has 7 nitrogen and oxygen atoms in total. The largest absolute Gasteiger partial charge is 0.491 e. The number of likely N-dealkylation sites (tertiary alicyclic amines) is 1. The quantitative estimate of drug-likeness (QED) is 0.835. The number of ether oxygens (including phenoxy) is 1. The van der Waals surface area contributed by atoms with Crippen molar-refractivity contribution in [2.24, 2.45) is 0 Å². The molecule has 1 aliphatic rings. The average molecular weight is 316 g/mol. The molecule has 0 radical (unpaired) electrons. The summed E-state index contributed by atoms with van der Waals surface area (Å²) in [7, 11) is 1.44. The van der Waals surface area contributed by atoms with Crippen molar-refractivity contribution >= 4 is 5.91 Å². The fourth-order valence-corrected chi connectivity index (χ4v) is 2.87. The Morgan fingerprint density at radius 3 is 2.74 bits per heavy atom. The molecule has 1 amide bonds. The normalized spacial score (nSPS) is 14.7. The van der Waals surface area contributed by atoms with E-state index < -0.39 is 0 Å². The maximum Gasteiger partial charge on any atom is 0.293 e. The van der Waals surface area contributed by atoms with Gasteiger partial charge in [0.25, 0.3) is 5.56 Å². The van der Waals surface area contributed by atoms with E-state index in [1.807, 2.05) is 24.6 Å². The molecule has 0 atom stereocenters. The lowest BCUT2D eigenvalue weighted by atomic mass is 10.1. The van der Waals surface area contributed by atoms with Gasteiger partial charge in [0.1, 0.15) is 6.54 Å². The van der Waals surface area contributed by atoms with Gasteiger partial charge >= 0.3 is 0 Å². The molecule has 0 saturated carbocycles. The zero-order valence-corrected chi connectivity index (χ0v) is 13.5. The molecular formula is C16H20N4O3. The summed E-state index contributed by atoms with van der Waals surface area (Å²) in [5.74, 6) is 0.169. The molecule has 0 aliphatic carbocycles. The first-order valence-electron chi connectivity index (χ1n) is 7.53. The summed E-state index contributed by atoms with van der Waals surface area (Å²) in [6.45, 7) is 5.25. The molecule has 0 unspecified atom stereocenters. The maximum absolute atomic E-state index is 12.3. The number of rotatable bonds is 4. The van der Waals surface area contributed by atoms with Crippen molar-refractivity contribution in [3.63, 3.8) is 0 Å². The molecule has 122 valence electrons. The van der Waals surface area contributed by atoms with Crippen molar-refractivity contribution in [2.45, 2.75) is 26.4 Å². The minimum absolute atomic E-state index is 0.0276. The van der Waals surface area contributed by atoms with Crippen molar-refractivity contribution in [3.8, 4) is 5.75 Å². The van der Waals surface area contributed by atoms with E-state index >= 15 is 0 Å². The van der Waals surface area contributed by atoms with Gasteiger partial charge in [0.15, 0.2) is 5.75 Å². The van der Waals surface area contributed by atoms with E-state index in [9.17, 15) is 9.59 Å². The lowest BCUT2D eigenvalue weighted by molar-refractivity contribution is -0.137. The minimum Gasteiger partial charge on any atom is -0.491 e. The van der Waals surface area contributed by atoms with Gasteiger partial charge in [-0.2, -0.15) is 5.10 Å². The second kappa shape index (κ2) is 5.91. The second-order valence-corrected chi connectivity index (χ2v) is 5.83. The molecule has 0 spiro atoms. The van der Waals surface area contributed by atoms with E-state index in [1.54, 1.807) is 23.2 Å². The molecule has 1 saturated heterocycles. The molecule has 7 heteroatoms. The van der Waals surface area contributed by atoms with Crippen LogP contribution in [0, 0.1) is 13.8 Å². The number of pyridine rings is 1. The number of methoxy groups -OCH3 is 1. The van der Waals surface area contributed by atoms with E-state index in [0.29, 0.717) is 13.1 Å². The lowest BCUT2D eigenvalue weighted by Crippen LogP contribution is -2.52. The van der Waals surface area contributed by atoms with Crippen LogP contribution in [0.25, 0.3) is 0 Å². The SMILES string of the molecule is COc1cccn(CC(=O)N2CC(n3nc(C)cc3C)C2)c1=O. The lowest BCUT2D eigenvalue weighted by Gasteiger charge is -2.39. The molecule has 0 aromatic carbocycles. The molecule has 2 aromatic rings. The predicted molar refractivity (Wildman–Crippen MR) is 84.6 cm³/mol. The molecule has 1 aliphatic heterocycles. The van der Waals surface area contributed by atoms with E-state index in [1.165, 1.54) is 11.7 Å². The number of hydrogen-bond acceptors (Lipinski definition) is 4. The van der Waals surface area contributed by atoms with Gasteiger partial charge in [-0.1, -0.05) is 0 Å². The van der Waals surface area contributed by atoms with Crippen LogP contribution in [0.4, 0.5) is 0 Å². The summed E-state index contributed by atoms with van der Waals surface area (Å²) in [6.07, 6.45) is 1.60. The first-order valence-corrected chi connectivity index (χ1v) is 7.53. The smallest absolute Gasteiger partial charge is 0.293 e. The first kappa shape index (κ1) is 15.3. The fourth-order valence-electron chi connectivity index (χ4n) is 2.87. The molecule has 3 rings (SSSR count). The monoisotopic (exact) mass is 316 g/mol. The second-order valence-electron chi connectivity index (χ2n) is 5.83. The number of carbonyl (C=O) groups excluding carboxylic acids is 1. The number of aryl methyl sites for hydroxylation is 2. The van der Waals surface area contributed by atoms with Crippen LogP contribution in [-0.2, 0) is 11.3 Å². The van der Waals surface area contributed by atoms with E-state index in [2.05, 4.69) is 5.10 Å². The molecule has 2 aromatic heterocycles. The van der Waals surface area contributed by atoms with Crippen LogP contribution in [0.5, 0.6) is 5.75 Å². The molecular weight excluding hydrogens is 296 g/mol. The number of aromatic nitrogens is 3. The highest BCUT2D eigenvalue weighted by Crippen LogP contribution is 2.22. The van der Waals surface area contributed by atoms with Crippen LogP contribution in [0.2, 0.25) is 0 Å². The Morgan fingerprint density at radius 1 is 1.39 bits per heavy atom. The van der Waals surface area contributed by atoms with Crippen molar-refractivity contribution in [2.75, 3.05) is 20.2 Å². The Bertz CT molecular complexity index is 787. The Kier molecular flexibility index (Phi) is 3.94. The maximum atomic E-state index is 12.3. The number of amides is 1. The Balaban J connectivity index is 1.63. The van der Waals surface area contributed by atoms with Crippen LogP contribution in [0.15, 0.2) is 29.2 Å². The summed E-state index contributed by atoms with van der Waals surface area (Å²) in [4.78, 5) is 26.1. The van der Waals surface area contributed by atoms with Crippen LogP contribution in [-0.4, -0.2) is 45.4 Å². The standard InChI is InChI=1S/C16H20N4O3/c1-11-7-12(2)20(17-11)13-8-19(9-13)15(21)10-18-6-4-5-14(23-3)16(18)22/h4-7,13H,8-10H2,1-3H3. The molecule has 3 heterocycles. The van der Waals surface area contributed by atoms with Gasteiger partial charge < -0.3 is 14.2 Å². The number of nitrogens with zero attached hydrogens (tertiary/aromatic N) is 4.